The number of ether oxygens (including phenoxy) is 4. The Hall–Kier alpha value is -8.88. The number of hydrogen-bond acceptors (Lipinski definition) is 8. The molecule has 8 heteroatoms. The predicted molar refractivity (Wildman–Crippen MR) is 251 cm³/mol. The second-order valence-electron chi connectivity index (χ2n) is 14.3. The summed E-state index contributed by atoms with van der Waals surface area (Å²) < 4.78 is 23.0. The lowest BCUT2D eigenvalue weighted by atomic mass is 9.92. The summed E-state index contributed by atoms with van der Waals surface area (Å²) in [7, 11) is 0. The average molecular weight is 839 g/mol. The van der Waals surface area contributed by atoms with Crippen LogP contribution in [0, 0.1) is 0 Å². The van der Waals surface area contributed by atoms with Gasteiger partial charge in [0, 0.05) is 35.4 Å². The maximum atomic E-state index is 13.5. The van der Waals surface area contributed by atoms with Crippen LogP contribution in [-0.2, 0) is 19.2 Å². The van der Waals surface area contributed by atoms with Gasteiger partial charge in [0.2, 0.25) is 0 Å². The Balaban J connectivity index is 0.993. The van der Waals surface area contributed by atoms with Crippen LogP contribution in [0.5, 0.6) is 23.0 Å². The molecule has 0 heterocycles. The molecule has 8 nitrogen and oxygen atoms in total. The first-order chi connectivity index (χ1) is 31.3. The van der Waals surface area contributed by atoms with Crippen molar-refractivity contribution in [2.24, 2.45) is 0 Å². The molecule has 0 unspecified atom stereocenters. The van der Waals surface area contributed by atoms with Crippen molar-refractivity contribution in [3.05, 3.63) is 229 Å². The fourth-order valence-corrected chi connectivity index (χ4v) is 6.85. The molecule has 310 valence electrons. The molecule has 64 heavy (non-hydrogen) atoms. The molecule has 8 rings (SSSR count). The fraction of sp³-hybridized carbons (Fsp3) is 0. The van der Waals surface area contributed by atoms with Crippen molar-refractivity contribution in [1.82, 2.24) is 0 Å². The third-order valence-corrected chi connectivity index (χ3v) is 9.90. The number of carbonyl (C=O) groups excluding carboxylic acids is 4. The molecule has 0 fully saturated rings. The van der Waals surface area contributed by atoms with Crippen molar-refractivity contribution < 1.29 is 38.1 Å². The summed E-state index contributed by atoms with van der Waals surface area (Å²) in [4.78, 5) is 51.7. The summed E-state index contributed by atoms with van der Waals surface area (Å²) in [6.07, 6.45) is 11.9. The number of carbonyl (C=O) groups is 4. The van der Waals surface area contributed by atoms with E-state index in [1.807, 2.05) is 121 Å². The van der Waals surface area contributed by atoms with Gasteiger partial charge in [-0.3, -0.25) is 0 Å². The second-order valence-corrected chi connectivity index (χ2v) is 14.3. The fourth-order valence-electron chi connectivity index (χ4n) is 6.85. The molecule has 0 saturated heterocycles. The van der Waals surface area contributed by atoms with Gasteiger partial charge in [-0.15, -0.1) is 0 Å². The van der Waals surface area contributed by atoms with Gasteiger partial charge in [0.15, 0.2) is 0 Å². The number of fused-ring (bicyclic) bond motifs is 2. The van der Waals surface area contributed by atoms with Gasteiger partial charge in [0.05, 0.1) is 0 Å². The monoisotopic (exact) mass is 838 g/mol. The molecule has 0 spiro atoms. The molecule has 0 amide bonds. The van der Waals surface area contributed by atoms with Crippen LogP contribution in [0.2, 0.25) is 0 Å². The van der Waals surface area contributed by atoms with E-state index in [1.165, 1.54) is 24.3 Å². The maximum Gasteiger partial charge on any atom is 0.336 e. The molecule has 0 aliphatic heterocycles. The van der Waals surface area contributed by atoms with Gasteiger partial charge < -0.3 is 18.9 Å². The zero-order chi connectivity index (χ0) is 44.1. The Morgan fingerprint density at radius 3 is 0.984 bits per heavy atom. The largest absolute Gasteiger partial charge is 0.423 e. The quantitative estimate of drug-likeness (QED) is 0.0642. The van der Waals surface area contributed by atoms with Crippen molar-refractivity contribution in [3.8, 4) is 34.1 Å². The zero-order valence-electron chi connectivity index (χ0n) is 34.2. The third-order valence-electron chi connectivity index (χ3n) is 9.90. The normalized spacial score (nSPS) is 11.4. The van der Waals surface area contributed by atoms with Crippen LogP contribution in [0.3, 0.4) is 0 Å². The number of benzene rings is 8. The molecule has 8 aromatic rings. The van der Waals surface area contributed by atoms with Crippen molar-refractivity contribution in [1.29, 1.82) is 0 Å². The van der Waals surface area contributed by atoms with E-state index < -0.39 is 23.9 Å². The molecule has 0 aromatic heterocycles. The lowest BCUT2D eigenvalue weighted by Gasteiger charge is -2.18. The van der Waals surface area contributed by atoms with Crippen LogP contribution in [-0.4, -0.2) is 23.9 Å². The van der Waals surface area contributed by atoms with Gasteiger partial charge in [-0.2, -0.15) is 0 Å². The Morgan fingerprint density at radius 2 is 0.609 bits per heavy atom. The lowest BCUT2D eigenvalue weighted by molar-refractivity contribution is -0.129. The molecule has 0 aliphatic carbocycles. The van der Waals surface area contributed by atoms with Crippen LogP contribution in [0.25, 0.3) is 57.0 Å². The van der Waals surface area contributed by atoms with Crippen LogP contribution < -0.4 is 18.9 Å². The number of esters is 4. The molecule has 8 aromatic carbocycles. The second kappa shape index (κ2) is 20.1. The van der Waals surface area contributed by atoms with Gasteiger partial charge in [-0.05, 0) is 105 Å². The highest BCUT2D eigenvalue weighted by molar-refractivity contribution is 6.11. The van der Waals surface area contributed by atoms with E-state index in [0.717, 1.165) is 32.7 Å². The summed E-state index contributed by atoms with van der Waals surface area (Å²) in [5, 5.41) is 3.33. The van der Waals surface area contributed by atoms with Crippen LogP contribution >= 0.6 is 0 Å². The highest BCUT2D eigenvalue weighted by atomic mass is 16.5. The van der Waals surface area contributed by atoms with E-state index in [1.54, 1.807) is 85.0 Å². The van der Waals surface area contributed by atoms with Gasteiger partial charge in [0.25, 0.3) is 0 Å². The molecule has 0 radical (unpaired) electrons. The van der Waals surface area contributed by atoms with Crippen molar-refractivity contribution in [2.45, 2.75) is 0 Å². The van der Waals surface area contributed by atoms with Crippen molar-refractivity contribution in [2.75, 3.05) is 0 Å². The molecule has 0 aliphatic rings. The predicted octanol–water partition coefficient (Wildman–Crippen LogP) is 12.1. The Kier molecular flexibility index (Phi) is 13.2. The van der Waals surface area contributed by atoms with Gasteiger partial charge in [-0.25, -0.2) is 19.2 Å². The Bertz CT molecular complexity index is 2880. The first-order valence-electron chi connectivity index (χ1n) is 20.3. The Labute approximate surface area is 369 Å². The van der Waals surface area contributed by atoms with E-state index in [4.69, 9.17) is 18.9 Å². The molecular weight excluding hydrogens is 801 g/mol. The minimum atomic E-state index is -0.635. The topological polar surface area (TPSA) is 105 Å². The first kappa shape index (κ1) is 41.8. The highest BCUT2D eigenvalue weighted by Crippen LogP contribution is 2.45. The molecule has 0 N–H and O–H groups in total. The molecule has 0 saturated carbocycles. The van der Waals surface area contributed by atoms with Gasteiger partial charge in [0.1, 0.15) is 23.0 Å². The SMILES string of the molecule is O=C(/C=C/c1ccccc1)Oc1ccc(/C=C/C(=O)Oc2ccc3ccccc3c2-c2c(OC(=O)/C=C/c3ccc(OC(=O)/C=C/c4ccccc4)cc3)ccc3ccccc23)cc1. The highest BCUT2D eigenvalue weighted by Gasteiger charge is 2.21. The zero-order valence-corrected chi connectivity index (χ0v) is 34.2. The van der Waals surface area contributed by atoms with Crippen LogP contribution in [0.4, 0.5) is 0 Å². The average Bonchev–Trinajstić information content (AvgIpc) is 3.33. The van der Waals surface area contributed by atoms with Gasteiger partial charge in [-0.1, -0.05) is 146 Å². The van der Waals surface area contributed by atoms with Crippen LogP contribution in [0.1, 0.15) is 22.3 Å². The maximum absolute atomic E-state index is 13.5. The summed E-state index contributed by atoms with van der Waals surface area (Å²) >= 11 is 0. The van der Waals surface area contributed by atoms with E-state index in [2.05, 4.69) is 0 Å². The summed E-state index contributed by atoms with van der Waals surface area (Å²) in [6.45, 7) is 0. The standard InChI is InChI=1S/C56H38O8/c57-51(35-23-39-11-3-1-4-12-39)61-45-29-19-41(20-30-45)25-37-53(59)63-49-33-27-43-15-7-9-17-47(43)55(49)56-48-18-10-8-16-44(48)28-34-50(56)64-54(60)38-26-42-21-31-46(32-22-42)62-52(58)36-24-40-13-5-2-6-14-40/h1-38H/b35-23+,36-24+,37-25+,38-26+. The summed E-state index contributed by atoms with van der Waals surface area (Å²) in [6, 6.07) is 54.9. The van der Waals surface area contributed by atoms with Crippen molar-refractivity contribution in [3.63, 3.8) is 0 Å². The summed E-state index contributed by atoms with van der Waals surface area (Å²) in [5.41, 5.74) is 4.25. The van der Waals surface area contributed by atoms with E-state index in [-0.39, 0.29) is 11.5 Å². The van der Waals surface area contributed by atoms with E-state index >= 15 is 0 Å². The molecule has 0 atom stereocenters. The summed E-state index contributed by atoms with van der Waals surface area (Å²) in [5.74, 6) is -1.06. The minimum Gasteiger partial charge on any atom is -0.423 e. The minimum absolute atomic E-state index is 0.264. The van der Waals surface area contributed by atoms with E-state index in [9.17, 15) is 19.2 Å². The van der Waals surface area contributed by atoms with Crippen molar-refractivity contribution >= 4 is 69.7 Å². The van der Waals surface area contributed by atoms with Gasteiger partial charge >= 0.3 is 23.9 Å². The number of hydrogen-bond donors (Lipinski definition) is 0. The first-order valence-corrected chi connectivity index (χ1v) is 20.3. The third kappa shape index (κ3) is 10.9. The Morgan fingerprint density at radius 1 is 0.297 bits per heavy atom. The smallest absolute Gasteiger partial charge is 0.336 e. The molecular formula is C56H38O8. The number of rotatable bonds is 13. The lowest BCUT2D eigenvalue weighted by Crippen LogP contribution is -2.07. The van der Waals surface area contributed by atoms with E-state index in [0.29, 0.717) is 33.8 Å². The van der Waals surface area contributed by atoms with Crippen LogP contribution in [0.15, 0.2) is 206 Å². The molecule has 0 bridgehead atoms.